The molecule has 1 aromatic carbocycles. The Balaban J connectivity index is 2.11. The predicted octanol–water partition coefficient (Wildman–Crippen LogP) is 3.08. The van der Waals surface area contributed by atoms with Crippen LogP contribution >= 0.6 is 0 Å². The van der Waals surface area contributed by atoms with Crippen LogP contribution in [0, 0.1) is 0 Å². The van der Waals surface area contributed by atoms with Crippen molar-refractivity contribution in [2.24, 2.45) is 0 Å². The summed E-state index contributed by atoms with van der Waals surface area (Å²) in [5.41, 5.74) is 3.21. The summed E-state index contributed by atoms with van der Waals surface area (Å²) in [4.78, 5) is 0. The summed E-state index contributed by atoms with van der Waals surface area (Å²) < 4.78 is 4.70. The maximum Gasteiger partial charge on any atom is 0.152 e. The first kappa shape index (κ1) is 9.90. The number of rotatable bonds is 4. The molecule has 2 rings (SSSR count). The van der Waals surface area contributed by atoms with Gasteiger partial charge in [-0.05, 0) is 18.4 Å². The minimum atomic E-state index is 0.789. The third kappa shape index (κ3) is 2.43. The van der Waals surface area contributed by atoms with Gasteiger partial charge in [-0.15, -0.1) is 5.10 Å². The van der Waals surface area contributed by atoms with Gasteiger partial charge in [0.1, 0.15) is 5.69 Å². The fourth-order valence-corrected chi connectivity index (χ4v) is 1.51. The van der Waals surface area contributed by atoms with Crippen molar-refractivity contribution in [1.29, 1.82) is 0 Å². The first-order chi connectivity index (χ1) is 7.40. The van der Waals surface area contributed by atoms with Crippen LogP contribution in [0.25, 0.3) is 11.3 Å². The molecule has 0 saturated heterocycles. The highest BCUT2D eigenvalue weighted by Gasteiger charge is 2.01. The molecule has 0 amide bonds. The lowest BCUT2D eigenvalue weighted by molar-refractivity contribution is 0.393. The first-order valence-corrected chi connectivity index (χ1v) is 5.26. The Morgan fingerprint density at radius 2 is 2.00 bits per heavy atom. The maximum absolute atomic E-state index is 4.70. The molecule has 0 saturated carbocycles. The van der Waals surface area contributed by atoms with Gasteiger partial charge in [0.2, 0.25) is 0 Å². The molecule has 0 N–H and O–H groups in total. The smallest absolute Gasteiger partial charge is 0.152 e. The molecule has 0 aliphatic carbocycles. The molecule has 1 heterocycles. The molecular formula is C12H14N2O. The second-order valence-electron chi connectivity index (χ2n) is 3.59. The van der Waals surface area contributed by atoms with Crippen molar-refractivity contribution in [2.75, 3.05) is 0 Å². The van der Waals surface area contributed by atoms with Gasteiger partial charge in [0.05, 0.1) is 0 Å². The van der Waals surface area contributed by atoms with Crippen molar-refractivity contribution in [3.63, 3.8) is 0 Å². The average molecular weight is 202 g/mol. The van der Waals surface area contributed by atoms with E-state index in [0.717, 1.165) is 17.7 Å². The van der Waals surface area contributed by atoms with Crippen LogP contribution in [0.4, 0.5) is 0 Å². The monoisotopic (exact) mass is 202 g/mol. The van der Waals surface area contributed by atoms with Crippen LogP contribution < -0.4 is 0 Å². The molecule has 3 heteroatoms. The lowest BCUT2D eigenvalue weighted by atomic mass is 10.1. The number of nitrogens with zero attached hydrogens (tertiary/aromatic N) is 2. The van der Waals surface area contributed by atoms with E-state index in [1.54, 1.807) is 6.26 Å². The summed E-state index contributed by atoms with van der Waals surface area (Å²) in [6.45, 7) is 2.20. The highest BCUT2D eigenvalue weighted by atomic mass is 16.5. The molecular weight excluding hydrogens is 188 g/mol. The second-order valence-corrected chi connectivity index (χ2v) is 3.59. The fraction of sp³-hybridized carbons (Fsp3) is 0.333. The molecule has 0 unspecified atom stereocenters. The number of benzene rings is 1. The Kier molecular flexibility index (Phi) is 3.12. The zero-order valence-corrected chi connectivity index (χ0v) is 8.81. The molecule has 0 bridgehead atoms. The lowest BCUT2D eigenvalue weighted by Gasteiger charge is -2.00. The third-order valence-electron chi connectivity index (χ3n) is 2.43. The molecule has 0 spiro atoms. The SMILES string of the molecule is CCCCc1ccc(-c2conn2)cc1. The minimum absolute atomic E-state index is 0.789. The summed E-state index contributed by atoms with van der Waals surface area (Å²) in [5.74, 6) is 0. The topological polar surface area (TPSA) is 38.9 Å². The van der Waals surface area contributed by atoms with Gasteiger partial charge in [0, 0.05) is 10.8 Å². The van der Waals surface area contributed by atoms with Crippen LogP contribution in [0.2, 0.25) is 0 Å². The fourth-order valence-electron chi connectivity index (χ4n) is 1.51. The van der Waals surface area contributed by atoms with Crippen LogP contribution in [-0.4, -0.2) is 10.4 Å². The van der Waals surface area contributed by atoms with Gasteiger partial charge in [0.15, 0.2) is 6.26 Å². The number of unbranched alkanes of at least 4 members (excludes halogenated alkanes) is 1. The third-order valence-corrected chi connectivity index (χ3v) is 2.43. The average Bonchev–Trinajstić information content (AvgIpc) is 2.80. The van der Waals surface area contributed by atoms with Gasteiger partial charge in [-0.1, -0.05) is 37.6 Å². The molecule has 0 atom stereocenters. The molecule has 0 fully saturated rings. The van der Waals surface area contributed by atoms with Gasteiger partial charge in [-0.25, -0.2) is 0 Å². The normalized spacial score (nSPS) is 10.5. The Hall–Kier alpha value is -1.64. The lowest BCUT2D eigenvalue weighted by Crippen LogP contribution is -1.85. The second kappa shape index (κ2) is 4.73. The largest absolute Gasteiger partial charge is 0.345 e. The van der Waals surface area contributed by atoms with Crippen molar-refractivity contribution in [3.8, 4) is 11.3 Å². The summed E-state index contributed by atoms with van der Waals surface area (Å²) in [7, 11) is 0. The summed E-state index contributed by atoms with van der Waals surface area (Å²) in [5, 5.41) is 7.31. The summed E-state index contributed by atoms with van der Waals surface area (Å²) in [6.07, 6.45) is 5.18. The van der Waals surface area contributed by atoms with Gasteiger partial charge in [-0.3, -0.25) is 0 Å². The predicted molar refractivity (Wildman–Crippen MR) is 58.3 cm³/mol. The van der Waals surface area contributed by atoms with E-state index in [0.29, 0.717) is 0 Å². The molecule has 1 aromatic heterocycles. The van der Waals surface area contributed by atoms with Gasteiger partial charge in [-0.2, -0.15) is 0 Å². The number of aryl methyl sites for hydroxylation is 1. The van der Waals surface area contributed by atoms with E-state index < -0.39 is 0 Å². The number of aromatic nitrogens is 2. The van der Waals surface area contributed by atoms with Crippen LogP contribution in [0.5, 0.6) is 0 Å². The van der Waals surface area contributed by atoms with E-state index in [9.17, 15) is 0 Å². The summed E-state index contributed by atoms with van der Waals surface area (Å²) in [6, 6.07) is 8.40. The number of hydrogen-bond acceptors (Lipinski definition) is 3. The number of hydrogen-bond donors (Lipinski definition) is 0. The molecule has 0 aliphatic heterocycles. The van der Waals surface area contributed by atoms with Crippen LogP contribution in [0.15, 0.2) is 35.1 Å². The molecule has 3 nitrogen and oxygen atoms in total. The quantitative estimate of drug-likeness (QED) is 0.764. The van der Waals surface area contributed by atoms with E-state index in [1.165, 1.54) is 18.4 Å². The van der Waals surface area contributed by atoms with Crippen molar-refractivity contribution < 1.29 is 4.52 Å². The Bertz CT molecular complexity index is 392. The van der Waals surface area contributed by atoms with Crippen molar-refractivity contribution >= 4 is 0 Å². The van der Waals surface area contributed by atoms with E-state index in [-0.39, 0.29) is 0 Å². The van der Waals surface area contributed by atoms with Crippen molar-refractivity contribution in [1.82, 2.24) is 10.4 Å². The van der Waals surface area contributed by atoms with Gasteiger partial charge >= 0.3 is 0 Å². The molecule has 2 aromatic rings. The van der Waals surface area contributed by atoms with Gasteiger partial charge < -0.3 is 4.52 Å². The van der Waals surface area contributed by atoms with E-state index in [4.69, 9.17) is 4.52 Å². The van der Waals surface area contributed by atoms with E-state index in [1.807, 2.05) is 0 Å². The maximum atomic E-state index is 4.70. The Morgan fingerprint density at radius 3 is 2.60 bits per heavy atom. The Labute approximate surface area is 89.1 Å². The molecule has 15 heavy (non-hydrogen) atoms. The zero-order chi connectivity index (χ0) is 10.5. The van der Waals surface area contributed by atoms with Crippen LogP contribution in [0.3, 0.4) is 0 Å². The first-order valence-electron chi connectivity index (χ1n) is 5.26. The van der Waals surface area contributed by atoms with Crippen molar-refractivity contribution in [2.45, 2.75) is 26.2 Å². The molecule has 78 valence electrons. The standard InChI is InChI=1S/C12H14N2O/c1-2-3-4-10-5-7-11(8-6-10)12-9-15-14-13-12/h5-9H,2-4H2,1H3. The van der Waals surface area contributed by atoms with E-state index in [2.05, 4.69) is 41.6 Å². The summed E-state index contributed by atoms with van der Waals surface area (Å²) >= 11 is 0. The minimum Gasteiger partial charge on any atom is -0.345 e. The van der Waals surface area contributed by atoms with Crippen LogP contribution in [-0.2, 0) is 6.42 Å². The van der Waals surface area contributed by atoms with Gasteiger partial charge in [0.25, 0.3) is 0 Å². The van der Waals surface area contributed by atoms with E-state index >= 15 is 0 Å². The van der Waals surface area contributed by atoms with Crippen LogP contribution in [0.1, 0.15) is 25.3 Å². The molecule has 0 aliphatic rings. The highest BCUT2D eigenvalue weighted by Crippen LogP contribution is 2.17. The Morgan fingerprint density at radius 1 is 1.20 bits per heavy atom. The highest BCUT2D eigenvalue weighted by molar-refractivity contribution is 5.57. The zero-order valence-electron chi connectivity index (χ0n) is 8.81. The molecule has 0 radical (unpaired) electrons. The van der Waals surface area contributed by atoms with Crippen molar-refractivity contribution in [3.05, 3.63) is 36.1 Å².